The van der Waals surface area contributed by atoms with Gasteiger partial charge < -0.3 is 5.32 Å². The highest BCUT2D eigenvalue weighted by Gasteiger charge is 2.23. The monoisotopic (exact) mass is 286 g/mol. The van der Waals surface area contributed by atoms with Crippen molar-refractivity contribution < 1.29 is 0 Å². The van der Waals surface area contributed by atoms with Gasteiger partial charge in [0.2, 0.25) is 0 Å². The normalized spacial score (nSPS) is 20.0. The maximum absolute atomic E-state index is 6.27. The fourth-order valence-electron chi connectivity index (χ4n) is 2.61. The molecule has 0 bridgehead atoms. The molecular weight excluding hydrogens is 267 g/mol. The second-order valence-corrected chi connectivity index (χ2v) is 5.78. The van der Waals surface area contributed by atoms with Gasteiger partial charge in [-0.1, -0.05) is 23.2 Å². The summed E-state index contributed by atoms with van der Waals surface area (Å²) in [6, 6.07) is 6.69. The second-order valence-electron chi connectivity index (χ2n) is 4.94. The number of nitrogens with zero attached hydrogens (tertiary/aromatic N) is 1. The molecule has 2 rings (SSSR count). The van der Waals surface area contributed by atoms with Crippen LogP contribution >= 0.6 is 23.2 Å². The Morgan fingerprint density at radius 3 is 2.56 bits per heavy atom. The average molecular weight is 287 g/mol. The van der Waals surface area contributed by atoms with Crippen LogP contribution in [0.4, 0.5) is 0 Å². The van der Waals surface area contributed by atoms with E-state index >= 15 is 0 Å². The second kappa shape index (κ2) is 6.25. The topological polar surface area (TPSA) is 15.3 Å². The Morgan fingerprint density at radius 1 is 1.28 bits per heavy atom. The first-order chi connectivity index (χ1) is 8.61. The lowest BCUT2D eigenvalue weighted by molar-refractivity contribution is 0.155. The maximum atomic E-state index is 6.27. The lowest BCUT2D eigenvalue weighted by atomic mass is 10.0. The summed E-state index contributed by atoms with van der Waals surface area (Å²) in [6.07, 6.45) is 2.39. The highest BCUT2D eigenvalue weighted by molar-refractivity contribution is 6.33. The van der Waals surface area contributed by atoms with Gasteiger partial charge in [0.15, 0.2) is 0 Å². The first kappa shape index (κ1) is 14.1. The lowest BCUT2D eigenvalue weighted by Crippen LogP contribution is -2.42. The van der Waals surface area contributed by atoms with E-state index in [2.05, 4.69) is 17.1 Å². The molecule has 1 fully saturated rings. The van der Waals surface area contributed by atoms with Crippen molar-refractivity contribution in [3.63, 3.8) is 0 Å². The van der Waals surface area contributed by atoms with Crippen LogP contribution in [0, 0.1) is 0 Å². The standard InChI is InChI=1S/C14H20Cl2N2/c1-10(13-9-11(15)3-4-14(13)16)18-7-5-12(17-2)6-8-18/h3-4,9-10,12,17H,5-8H2,1-2H3. The molecule has 2 nitrogen and oxygen atoms in total. The molecule has 1 aromatic carbocycles. The zero-order chi connectivity index (χ0) is 13.1. The first-order valence-electron chi connectivity index (χ1n) is 6.48. The lowest BCUT2D eigenvalue weighted by Gasteiger charge is -2.36. The summed E-state index contributed by atoms with van der Waals surface area (Å²) >= 11 is 12.3. The third-order valence-electron chi connectivity index (χ3n) is 3.89. The van der Waals surface area contributed by atoms with Crippen molar-refractivity contribution in [2.24, 2.45) is 0 Å². The molecule has 1 aliphatic heterocycles. The summed E-state index contributed by atoms with van der Waals surface area (Å²) < 4.78 is 0. The van der Waals surface area contributed by atoms with E-state index in [1.54, 1.807) is 0 Å². The van der Waals surface area contributed by atoms with Crippen LogP contribution in [0.15, 0.2) is 18.2 Å². The van der Waals surface area contributed by atoms with Crippen LogP contribution in [0.25, 0.3) is 0 Å². The quantitative estimate of drug-likeness (QED) is 0.911. The molecule has 0 aliphatic carbocycles. The number of likely N-dealkylation sites (tertiary alicyclic amines) is 1. The molecule has 0 spiro atoms. The van der Waals surface area contributed by atoms with Crippen LogP contribution in [-0.2, 0) is 0 Å². The van der Waals surface area contributed by atoms with Gasteiger partial charge in [-0.15, -0.1) is 0 Å². The van der Waals surface area contributed by atoms with Gasteiger partial charge in [-0.3, -0.25) is 4.90 Å². The van der Waals surface area contributed by atoms with Gasteiger partial charge in [0.05, 0.1) is 0 Å². The first-order valence-corrected chi connectivity index (χ1v) is 7.23. The van der Waals surface area contributed by atoms with E-state index in [0.29, 0.717) is 12.1 Å². The molecule has 18 heavy (non-hydrogen) atoms. The fourth-order valence-corrected chi connectivity index (χ4v) is 3.06. The van der Waals surface area contributed by atoms with E-state index in [0.717, 1.165) is 28.7 Å². The van der Waals surface area contributed by atoms with Gasteiger partial charge in [0.1, 0.15) is 0 Å². The van der Waals surface area contributed by atoms with Crippen LogP contribution in [0.3, 0.4) is 0 Å². The van der Waals surface area contributed by atoms with Crippen molar-refractivity contribution in [1.82, 2.24) is 10.2 Å². The molecular formula is C14H20Cl2N2. The summed E-state index contributed by atoms with van der Waals surface area (Å²) in [5, 5.41) is 4.91. The smallest absolute Gasteiger partial charge is 0.0454 e. The Kier molecular flexibility index (Phi) is 4.91. The van der Waals surface area contributed by atoms with Gasteiger partial charge in [-0.25, -0.2) is 0 Å². The average Bonchev–Trinajstić information content (AvgIpc) is 2.41. The van der Waals surface area contributed by atoms with Crippen molar-refractivity contribution in [3.8, 4) is 0 Å². The molecule has 100 valence electrons. The van der Waals surface area contributed by atoms with Crippen LogP contribution in [0.1, 0.15) is 31.4 Å². The number of hydrogen-bond acceptors (Lipinski definition) is 2. The summed E-state index contributed by atoms with van der Waals surface area (Å²) in [5.41, 5.74) is 1.13. The minimum absolute atomic E-state index is 0.328. The van der Waals surface area contributed by atoms with Crippen LogP contribution in [0.5, 0.6) is 0 Å². The van der Waals surface area contributed by atoms with Gasteiger partial charge in [0, 0.05) is 35.2 Å². The zero-order valence-corrected chi connectivity index (χ0v) is 12.4. The van der Waals surface area contributed by atoms with Crippen molar-refractivity contribution in [2.75, 3.05) is 20.1 Å². The summed E-state index contributed by atoms with van der Waals surface area (Å²) in [4.78, 5) is 2.48. The Bertz CT molecular complexity index is 401. The van der Waals surface area contributed by atoms with E-state index in [1.165, 1.54) is 12.8 Å². The van der Waals surface area contributed by atoms with Crippen molar-refractivity contribution in [1.29, 1.82) is 0 Å². The predicted octanol–water partition coefficient (Wildman–Crippen LogP) is 3.74. The highest BCUT2D eigenvalue weighted by Crippen LogP contribution is 2.31. The largest absolute Gasteiger partial charge is 0.317 e. The molecule has 0 aromatic heterocycles. The van der Waals surface area contributed by atoms with Gasteiger partial charge in [0.25, 0.3) is 0 Å². The van der Waals surface area contributed by atoms with E-state index in [9.17, 15) is 0 Å². The molecule has 1 atom stereocenters. The number of benzene rings is 1. The SMILES string of the molecule is CNC1CCN(C(C)c2cc(Cl)ccc2Cl)CC1. The molecule has 1 heterocycles. The summed E-state index contributed by atoms with van der Waals surface area (Å²) in [5.74, 6) is 0. The molecule has 1 N–H and O–H groups in total. The Labute approximate surface area is 119 Å². The number of hydrogen-bond donors (Lipinski definition) is 1. The fraction of sp³-hybridized carbons (Fsp3) is 0.571. The number of halogens is 2. The van der Waals surface area contributed by atoms with Gasteiger partial charge >= 0.3 is 0 Å². The molecule has 0 radical (unpaired) electrons. The number of rotatable bonds is 3. The molecule has 4 heteroatoms. The number of piperidine rings is 1. The van der Waals surface area contributed by atoms with Gasteiger partial charge in [-0.2, -0.15) is 0 Å². The molecule has 1 aromatic rings. The van der Waals surface area contributed by atoms with E-state index in [4.69, 9.17) is 23.2 Å². The molecule has 0 saturated carbocycles. The predicted molar refractivity (Wildman–Crippen MR) is 78.5 cm³/mol. The molecule has 1 aliphatic rings. The van der Waals surface area contributed by atoms with Crippen LogP contribution < -0.4 is 5.32 Å². The number of nitrogens with one attached hydrogen (secondary N) is 1. The van der Waals surface area contributed by atoms with Crippen molar-refractivity contribution >= 4 is 23.2 Å². The minimum atomic E-state index is 0.328. The summed E-state index contributed by atoms with van der Waals surface area (Å²) in [7, 11) is 2.04. The summed E-state index contributed by atoms with van der Waals surface area (Å²) in [6.45, 7) is 4.42. The van der Waals surface area contributed by atoms with Crippen LogP contribution in [-0.4, -0.2) is 31.1 Å². The molecule has 1 saturated heterocycles. The third-order valence-corrected chi connectivity index (χ3v) is 4.47. The van der Waals surface area contributed by atoms with Crippen molar-refractivity contribution in [3.05, 3.63) is 33.8 Å². The van der Waals surface area contributed by atoms with E-state index in [-0.39, 0.29) is 0 Å². The molecule has 0 amide bonds. The van der Waals surface area contributed by atoms with Crippen molar-refractivity contribution in [2.45, 2.75) is 31.8 Å². The Balaban J connectivity index is 2.07. The third kappa shape index (κ3) is 3.18. The maximum Gasteiger partial charge on any atom is 0.0454 e. The Hall–Kier alpha value is -0.280. The minimum Gasteiger partial charge on any atom is -0.317 e. The highest BCUT2D eigenvalue weighted by atomic mass is 35.5. The van der Waals surface area contributed by atoms with Crippen LogP contribution in [0.2, 0.25) is 10.0 Å². The van der Waals surface area contributed by atoms with Gasteiger partial charge in [-0.05, 0) is 50.6 Å². The zero-order valence-electron chi connectivity index (χ0n) is 10.9. The molecule has 1 unspecified atom stereocenters. The Morgan fingerprint density at radius 2 is 1.94 bits per heavy atom. The van der Waals surface area contributed by atoms with E-state index in [1.807, 2.05) is 25.2 Å². The van der Waals surface area contributed by atoms with E-state index < -0.39 is 0 Å².